The van der Waals surface area contributed by atoms with Crippen LogP contribution in [0.2, 0.25) is 0 Å². The van der Waals surface area contributed by atoms with Gasteiger partial charge in [-0.15, -0.1) is 0 Å². The average Bonchev–Trinajstić information content (AvgIpc) is 3.57. The summed E-state index contributed by atoms with van der Waals surface area (Å²) < 4.78 is 44.3. The fourth-order valence-electron chi connectivity index (χ4n) is 3.84. The van der Waals surface area contributed by atoms with E-state index in [4.69, 9.17) is 13.9 Å². The Morgan fingerprint density at radius 1 is 1.11 bits per heavy atom. The Bertz CT molecular complexity index is 1430. The summed E-state index contributed by atoms with van der Waals surface area (Å²) in [6, 6.07) is 15.1. The largest absolute Gasteiger partial charge is 0.494 e. The van der Waals surface area contributed by atoms with E-state index in [-0.39, 0.29) is 17.3 Å². The minimum absolute atomic E-state index is 0.137. The summed E-state index contributed by atoms with van der Waals surface area (Å²) in [6.45, 7) is 1.51. The van der Waals surface area contributed by atoms with Gasteiger partial charge in [0, 0.05) is 18.7 Å². The summed E-state index contributed by atoms with van der Waals surface area (Å²) >= 11 is 1.36. The number of nitrogens with zero attached hydrogens (tertiary/aromatic N) is 3. The molecule has 0 N–H and O–H groups in total. The van der Waals surface area contributed by atoms with Gasteiger partial charge in [0.05, 0.1) is 42.7 Å². The monoisotopic (exact) mass is 513 g/mol. The summed E-state index contributed by atoms with van der Waals surface area (Å²) in [5, 5.41) is 0.482. The molecule has 2 aromatic carbocycles. The number of anilines is 1. The number of rotatable bonds is 7. The molecular weight excluding hydrogens is 490 g/mol. The predicted octanol–water partition coefficient (Wildman–Crippen LogP) is 3.77. The number of sulfonamides is 1. The highest BCUT2D eigenvalue weighted by Crippen LogP contribution is 2.35. The number of amides is 1. The third kappa shape index (κ3) is 4.67. The van der Waals surface area contributed by atoms with Crippen LogP contribution in [0.25, 0.3) is 10.2 Å². The van der Waals surface area contributed by atoms with Crippen molar-refractivity contribution in [3.63, 3.8) is 0 Å². The lowest BCUT2D eigenvalue weighted by Gasteiger charge is -2.26. The summed E-state index contributed by atoms with van der Waals surface area (Å²) in [6.07, 6.45) is 1.55. The molecule has 1 aliphatic rings. The van der Waals surface area contributed by atoms with E-state index in [9.17, 15) is 13.2 Å². The van der Waals surface area contributed by atoms with Crippen LogP contribution in [0.5, 0.6) is 5.75 Å². The number of carbonyl (C=O) groups excluding carboxylic acids is 1. The van der Waals surface area contributed by atoms with Crippen LogP contribution in [0.3, 0.4) is 0 Å². The van der Waals surface area contributed by atoms with Gasteiger partial charge in [-0.2, -0.15) is 4.31 Å². The number of para-hydroxylation sites is 1. The van der Waals surface area contributed by atoms with Gasteiger partial charge in [-0.3, -0.25) is 9.69 Å². The number of morpholine rings is 1. The number of hydrogen-bond acceptors (Lipinski definition) is 8. The first kappa shape index (κ1) is 23.5. The van der Waals surface area contributed by atoms with E-state index in [1.807, 2.05) is 18.2 Å². The first-order chi connectivity index (χ1) is 17.0. The minimum atomic E-state index is -3.65. The van der Waals surface area contributed by atoms with E-state index in [1.165, 1.54) is 44.8 Å². The van der Waals surface area contributed by atoms with Gasteiger partial charge < -0.3 is 13.9 Å². The number of methoxy groups -OCH3 is 1. The highest BCUT2D eigenvalue weighted by atomic mass is 32.2. The van der Waals surface area contributed by atoms with Crippen molar-refractivity contribution in [3.05, 3.63) is 72.2 Å². The van der Waals surface area contributed by atoms with Gasteiger partial charge in [0.2, 0.25) is 10.0 Å². The van der Waals surface area contributed by atoms with Crippen LogP contribution in [-0.4, -0.2) is 57.0 Å². The zero-order valence-electron chi connectivity index (χ0n) is 18.9. The van der Waals surface area contributed by atoms with E-state index in [2.05, 4.69) is 4.98 Å². The fraction of sp³-hybridized carbons (Fsp3) is 0.250. The lowest BCUT2D eigenvalue weighted by Crippen LogP contribution is -2.40. The lowest BCUT2D eigenvalue weighted by atomic mass is 10.2. The van der Waals surface area contributed by atoms with Gasteiger partial charge in [-0.25, -0.2) is 13.4 Å². The van der Waals surface area contributed by atoms with E-state index < -0.39 is 10.0 Å². The predicted molar refractivity (Wildman–Crippen MR) is 131 cm³/mol. The molecule has 4 aromatic rings. The molecule has 0 atom stereocenters. The quantitative estimate of drug-likeness (QED) is 0.371. The van der Waals surface area contributed by atoms with Crippen LogP contribution in [0.15, 0.2) is 70.2 Å². The van der Waals surface area contributed by atoms with Crippen LogP contribution < -0.4 is 9.64 Å². The van der Waals surface area contributed by atoms with E-state index >= 15 is 0 Å². The molecule has 5 rings (SSSR count). The van der Waals surface area contributed by atoms with Crippen molar-refractivity contribution in [2.24, 2.45) is 0 Å². The second-order valence-electron chi connectivity index (χ2n) is 7.81. The summed E-state index contributed by atoms with van der Waals surface area (Å²) in [7, 11) is -2.08. The zero-order valence-corrected chi connectivity index (χ0v) is 20.5. The molecule has 2 aromatic heterocycles. The molecule has 1 amide bonds. The molecule has 182 valence electrons. The minimum Gasteiger partial charge on any atom is -0.494 e. The number of ether oxygens (including phenoxy) is 2. The van der Waals surface area contributed by atoms with Crippen LogP contribution in [0.4, 0.5) is 5.13 Å². The van der Waals surface area contributed by atoms with Crippen molar-refractivity contribution >= 4 is 42.6 Å². The molecule has 1 fully saturated rings. The number of carbonyl (C=O) groups is 1. The van der Waals surface area contributed by atoms with Crippen LogP contribution in [0.1, 0.15) is 16.1 Å². The highest BCUT2D eigenvalue weighted by molar-refractivity contribution is 7.89. The smallest absolute Gasteiger partial charge is 0.260 e. The normalized spacial score (nSPS) is 14.8. The van der Waals surface area contributed by atoms with Crippen molar-refractivity contribution in [2.75, 3.05) is 38.3 Å². The molecule has 1 saturated heterocycles. The van der Waals surface area contributed by atoms with Gasteiger partial charge in [0.15, 0.2) is 5.13 Å². The Hall–Kier alpha value is -3.25. The van der Waals surface area contributed by atoms with Crippen LogP contribution >= 0.6 is 11.3 Å². The molecule has 1 aliphatic heterocycles. The van der Waals surface area contributed by atoms with E-state index in [1.54, 1.807) is 25.5 Å². The lowest BCUT2D eigenvalue weighted by molar-refractivity contribution is 0.0730. The second-order valence-corrected chi connectivity index (χ2v) is 10.8. The van der Waals surface area contributed by atoms with Crippen molar-refractivity contribution < 1.29 is 27.1 Å². The average molecular weight is 514 g/mol. The van der Waals surface area contributed by atoms with Gasteiger partial charge in [-0.05, 0) is 48.5 Å². The first-order valence-electron chi connectivity index (χ1n) is 10.9. The maximum atomic E-state index is 13.6. The molecule has 0 unspecified atom stereocenters. The Balaban J connectivity index is 1.47. The van der Waals surface area contributed by atoms with E-state index in [0.717, 1.165) is 4.70 Å². The maximum Gasteiger partial charge on any atom is 0.260 e. The van der Waals surface area contributed by atoms with Crippen molar-refractivity contribution in [1.82, 2.24) is 9.29 Å². The summed E-state index contributed by atoms with van der Waals surface area (Å²) in [4.78, 5) is 19.9. The Labute approximate surface area is 206 Å². The van der Waals surface area contributed by atoms with Crippen molar-refractivity contribution in [2.45, 2.75) is 11.4 Å². The molecule has 35 heavy (non-hydrogen) atoms. The number of fused-ring (bicyclic) bond motifs is 1. The number of thiazole rings is 1. The van der Waals surface area contributed by atoms with Gasteiger partial charge in [0.1, 0.15) is 17.0 Å². The number of aromatic nitrogens is 1. The first-order valence-corrected chi connectivity index (χ1v) is 13.2. The topological polar surface area (TPSA) is 102 Å². The second kappa shape index (κ2) is 9.78. The molecule has 0 saturated carbocycles. The van der Waals surface area contributed by atoms with Crippen molar-refractivity contribution in [3.8, 4) is 5.75 Å². The molecule has 11 heteroatoms. The Morgan fingerprint density at radius 2 is 1.89 bits per heavy atom. The third-order valence-corrected chi connectivity index (χ3v) is 8.63. The SMILES string of the molecule is COc1cccc2sc(N(Cc3ccco3)C(=O)c3ccc(S(=O)(=O)N4CCOCC4)cc3)nc12. The van der Waals surface area contributed by atoms with E-state index in [0.29, 0.717) is 54.0 Å². The Morgan fingerprint density at radius 3 is 2.57 bits per heavy atom. The standard InChI is InChI=1S/C24H23N3O6S2/c1-31-20-5-2-6-21-22(20)25-24(34-21)27(16-18-4-3-13-33-18)23(28)17-7-9-19(10-8-17)35(29,30)26-11-14-32-15-12-26/h2-10,13H,11-12,14-16H2,1H3. The third-order valence-electron chi connectivity index (χ3n) is 5.67. The molecule has 9 nitrogen and oxygen atoms in total. The molecule has 0 spiro atoms. The number of furan rings is 1. The van der Waals surface area contributed by atoms with Crippen molar-refractivity contribution in [1.29, 1.82) is 0 Å². The fourth-order valence-corrected chi connectivity index (χ4v) is 6.23. The highest BCUT2D eigenvalue weighted by Gasteiger charge is 2.28. The molecule has 0 aliphatic carbocycles. The van der Waals surface area contributed by atoms with Crippen LogP contribution in [0, 0.1) is 0 Å². The Kier molecular flexibility index (Phi) is 6.56. The summed E-state index contributed by atoms with van der Waals surface area (Å²) in [5.41, 5.74) is 1.00. The number of benzene rings is 2. The zero-order chi connectivity index (χ0) is 24.4. The molecule has 3 heterocycles. The van der Waals surface area contributed by atoms with Gasteiger partial charge in [0.25, 0.3) is 5.91 Å². The van der Waals surface area contributed by atoms with Gasteiger partial charge >= 0.3 is 0 Å². The van der Waals surface area contributed by atoms with Gasteiger partial charge in [-0.1, -0.05) is 17.4 Å². The summed E-state index contributed by atoms with van der Waals surface area (Å²) in [5.74, 6) is 0.888. The maximum absolute atomic E-state index is 13.6. The van der Waals surface area contributed by atoms with Crippen LogP contribution in [-0.2, 0) is 21.3 Å². The molecule has 0 radical (unpaired) electrons. The number of hydrogen-bond donors (Lipinski definition) is 0. The molecule has 0 bridgehead atoms. The molecular formula is C24H23N3O6S2.